The molecule has 0 saturated carbocycles. The lowest BCUT2D eigenvalue weighted by Gasteiger charge is -2.18. The Bertz CT molecular complexity index is 590. The normalized spacial score (nSPS) is 12.0. The summed E-state index contributed by atoms with van der Waals surface area (Å²) >= 11 is 0. The number of rotatable bonds is 7. The summed E-state index contributed by atoms with van der Waals surface area (Å²) in [5, 5.41) is 0. The highest BCUT2D eigenvalue weighted by Crippen LogP contribution is 2.25. The second kappa shape index (κ2) is 7.85. The van der Waals surface area contributed by atoms with Gasteiger partial charge >= 0.3 is 0 Å². The molecule has 1 atom stereocenters. The fourth-order valence-electron chi connectivity index (χ4n) is 2.65. The van der Waals surface area contributed by atoms with Crippen LogP contribution in [0.25, 0.3) is 0 Å². The van der Waals surface area contributed by atoms with E-state index in [1.54, 1.807) is 7.11 Å². The van der Waals surface area contributed by atoms with Gasteiger partial charge in [-0.3, -0.25) is 0 Å². The maximum absolute atomic E-state index is 5.99. The molecule has 1 unspecified atom stereocenters. The zero-order chi connectivity index (χ0) is 15.9. The number of ether oxygens (including phenoxy) is 2. The monoisotopic (exact) mass is 299 g/mol. The second-order valence-corrected chi connectivity index (χ2v) is 5.57. The predicted molar refractivity (Wildman–Crippen MR) is 90.8 cm³/mol. The molecule has 0 bridgehead atoms. The van der Waals surface area contributed by atoms with E-state index in [0.717, 1.165) is 17.9 Å². The first kappa shape index (κ1) is 16.4. The molecular formula is C19H25NO2. The van der Waals surface area contributed by atoms with E-state index in [1.807, 2.05) is 12.1 Å². The first-order valence-electron chi connectivity index (χ1n) is 7.68. The van der Waals surface area contributed by atoms with Crippen LogP contribution in [0, 0.1) is 13.8 Å². The Hall–Kier alpha value is -2.00. The van der Waals surface area contributed by atoms with E-state index < -0.39 is 0 Å². The predicted octanol–water partition coefficient (Wildman–Crippen LogP) is 3.82. The Balaban J connectivity index is 1.99. The van der Waals surface area contributed by atoms with Crippen LogP contribution in [0.15, 0.2) is 42.5 Å². The molecule has 0 heterocycles. The Morgan fingerprint density at radius 2 is 1.73 bits per heavy atom. The van der Waals surface area contributed by atoms with Gasteiger partial charge in [0.25, 0.3) is 0 Å². The summed E-state index contributed by atoms with van der Waals surface area (Å²) in [6.45, 7) is 5.41. The third-order valence-electron chi connectivity index (χ3n) is 3.97. The van der Waals surface area contributed by atoms with Gasteiger partial charge in [0.05, 0.1) is 13.7 Å². The molecular weight excluding hydrogens is 274 g/mol. The third-order valence-corrected chi connectivity index (χ3v) is 3.97. The summed E-state index contributed by atoms with van der Waals surface area (Å²) in [6.07, 6.45) is 0.886. The summed E-state index contributed by atoms with van der Waals surface area (Å²) in [7, 11) is 1.68. The van der Waals surface area contributed by atoms with E-state index in [1.165, 1.54) is 16.7 Å². The number of methoxy groups -OCH3 is 1. The van der Waals surface area contributed by atoms with Crippen LogP contribution in [0.1, 0.15) is 29.0 Å². The zero-order valence-electron chi connectivity index (χ0n) is 13.6. The summed E-state index contributed by atoms with van der Waals surface area (Å²) in [4.78, 5) is 0. The molecule has 2 rings (SSSR count). The van der Waals surface area contributed by atoms with Crippen molar-refractivity contribution in [1.82, 2.24) is 0 Å². The number of benzene rings is 2. The molecule has 22 heavy (non-hydrogen) atoms. The molecule has 0 fully saturated rings. The Morgan fingerprint density at radius 1 is 1.05 bits per heavy atom. The van der Waals surface area contributed by atoms with Gasteiger partial charge in [-0.05, 0) is 61.6 Å². The minimum absolute atomic E-state index is 0.277. The van der Waals surface area contributed by atoms with Crippen molar-refractivity contribution >= 4 is 0 Å². The highest BCUT2D eigenvalue weighted by atomic mass is 16.5. The van der Waals surface area contributed by atoms with Crippen LogP contribution < -0.4 is 15.2 Å². The van der Waals surface area contributed by atoms with Crippen LogP contribution in [-0.2, 0) is 0 Å². The van der Waals surface area contributed by atoms with Gasteiger partial charge in [0, 0.05) is 0 Å². The number of hydrogen-bond donors (Lipinski definition) is 1. The van der Waals surface area contributed by atoms with Crippen LogP contribution >= 0.6 is 0 Å². The molecule has 0 aliphatic heterocycles. The lowest BCUT2D eigenvalue weighted by molar-refractivity contribution is 0.294. The molecule has 2 aromatic carbocycles. The van der Waals surface area contributed by atoms with Gasteiger partial charge in [-0.25, -0.2) is 0 Å². The average Bonchev–Trinajstić information content (AvgIpc) is 2.54. The van der Waals surface area contributed by atoms with Crippen molar-refractivity contribution in [1.29, 1.82) is 0 Å². The standard InChI is InChI=1S/C19H25NO2/c1-14-6-4-7-15(2)19(14)22-11-10-17(13-20)16-8-5-9-18(12-16)21-3/h4-9,12,17H,10-11,13,20H2,1-3H3. The van der Waals surface area contributed by atoms with Crippen LogP contribution in [0.4, 0.5) is 0 Å². The topological polar surface area (TPSA) is 44.5 Å². The first-order valence-corrected chi connectivity index (χ1v) is 7.68. The molecule has 2 aromatic rings. The quantitative estimate of drug-likeness (QED) is 0.845. The van der Waals surface area contributed by atoms with Gasteiger partial charge < -0.3 is 15.2 Å². The van der Waals surface area contributed by atoms with Crippen molar-refractivity contribution in [2.75, 3.05) is 20.3 Å². The molecule has 3 nitrogen and oxygen atoms in total. The van der Waals surface area contributed by atoms with Crippen LogP contribution in [0.2, 0.25) is 0 Å². The van der Waals surface area contributed by atoms with E-state index in [4.69, 9.17) is 15.2 Å². The first-order chi connectivity index (χ1) is 10.7. The van der Waals surface area contributed by atoms with E-state index in [2.05, 4.69) is 44.2 Å². The number of nitrogens with two attached hydrogens (primary N) is 1. The van der Waals surface area contributed by atoms with Gasteiger partial charge in [0.2, 0.25) is 0 Å². The van der Waals surface area contributed by atoms with Crippen LogP contribution in [0.5, 0.6) is 11.5 Å². The van der Waals surface area contributed by atoms with Crippen LogP contribution in [0.3, 0.4) is 0 Å². The largest absolute Gasteiger partial charge is 0.497 e. The molecule has 0 saturated heterocycles. The minimum atomic E-state index is 0.277. The summed E-state index contributed by atoms with van der Waals surface area (Å²) in [5.74, 6) is 2.13. The molecule has 3 heteroatoms. The number of para-hydroxylation sites is 1. The van der Waals surface area contributed by atoms with Crippen molar-refractivity contribution in [3.05, 3.63) is 59.2 Å². The number of aryl methyl sites for hydroxylation is 2. The van der Waals surface area contributed by atoms with Crippen molar-refractivity contribution in [3.8, 4) is 11.5 Å². The van der Waals surface area contributed by atoms with Gasteiger partial charge in [-0.15, -0.1) is 0 Å². The second-order valence-electron chi connectivity index (χ2n) is 5.57. The Labute approximate surface area is 133 Å². The van der Waals surface area contributed by atoms with Crippen molar-refractivity contribution < 1.29 is 9.47 Å². The average molecular weight is 299 g/mol. The SMILES string of the molecule is COc1cccc(C(CN)CCOc2c(C)cccc2C)c1. The molecule has 2 N–H and O–H groups in total. The molecule has 0 radical (unpaired) electrons. The smallest absolute Gasteiger partial charge is 0.125 e. The highest BCUT2D eigenvalue weighted by molar-refractivity contribution is 5.39. The summed E-state index contributed by atoms with van der Waals surface area (Å²) < 4.78 is 11.3. The van der Waals surface area contributed by atoms with E-state index in [9.17, 15) is 0 Å². The Morgan fingerprint density at radius 3 is 2.36 bits per heavy atom. The van der Waals surface area contributed by atoms with Gasteiger partial charge in [0.15, 0.2) is 0 Å². The van der Waals surface area contributed by atoms with Crippen molar-refractivity contribution in [3.63, 3.8) is 0 Å². The molecule has 0 aliphatic rings. The van der Waals surface area contributed by atoms with Gasteiger partial charge in [0.1, 0.15) is 11.5 Å². The lowest BCUT2D eigenvalue weighted by atomic mass is 9.96. The van der Waals surface area contributed by atoms with Gasteiger partial charge in [-0.2, -0.15) is 0 Å². The summed E-state index contributed by atoms with van der Waals surface area (Å²) in [5.41, 5.74) is 9.48. The molecule has 0 aliphatic carbocycles. The van der Waals surface area contributed by atoms with E-state index in [-0.39, 0.29) is 5.92 Å². The fourth-order valence-corrected chi connectivity index (χ4v) is 2.65. The zero-order valence-corrected chi connectivity index (χ0v) is 13.6. The maximum Gasteiger partial charge on any atom is 0.125 e. The third kappa shape index (κ3) is 4.01. The van der Waals surface area contributed by atoms with E-state index in [0.29, 0.717) is 13.2 Å². The Kier molecular flexibility index (Phi) is 5.84. The molecule has 118 valence electrons. The minimum Gasteiger partial charge on any atom is -0.497 e. The molecule has 0 amide bonds. The van der Waals surface area contributed by atoms with Gasteiger partial charge in [-0.1, -0.05) is 30.3 Å². The summed E-state index contributed by atoms with van der Waals surface area (Å²) in [6, 6.07) is 14.3. The number of hydrogen-bond acceptors (Lipinski definition) is 3. The lowest BCUT2D eigenvalue weighted by Crippen LogP contribution is -2.16. The van der Waals surface area contributed by atoms with Crippen LogP contribution in [-0.4, -0.2) is 20.3 Å². The van der Waals surface area contributed by atoms with Crippen molar-refractivity contribution in [2.24, 2.45) is 5.73 Å². The molecule has 0 aromatic heterocycles. The van der Waals surface area contributed by atoms with Crippen molar-refractivity contribution in [2.45, 2.75) is 26.2 Å². The van der Waals surface area contributed by atoms with E-state index >= 15 is 0 Å². The highest BCUT2D eigenvalue weighted by Gasteiger charge is 2.12. The fraction of sp³-hybridized carbons (Fsp3) is 0.368. The maximum atomic E-state index is 5.99. The molecule has 0 spiro atoms.